The molecule has 2 aliphatic rings. The Bertz CT molecular complexity index is 516. The third-order valence-corrected chi connectivity index (χ3v) is 5.31. The van der Waals surface area contributed by atoms with Crippen LogP contribution in [0.4, 0.5) is 0 Å². The monoisotopic (exact) mass is 322 g/mol. The second-order valence-corrected chi connectivity index (χ2v) is 7.00. The van der Waals surface area contributed by atoms with Crippen molar-refractivity contribution in [2.75, 3.05) is 13.1 Å². The van der Waals surface area contributed by atoms with Crippen molar-refractivity contribution >= 4 is 18.3 Å². The molecule has 2 fully saturated rings. The molecule has 2 N–H and O–H groups in total. The highest BCUT2D eigenvalue weighted by molar-refractivity contribution is 5.85. The minimum atomic E-state index is 0. The van der Waals surface area contributed by atoms with Gasteiger partial charge in [-0.15, -0.1) is 12.4 Å². The zero-order chi connectivity index (χ0) is 15.0. The number of hydrogen-bond acceptors (Lipinski definition) is 2. The first-order valence-corrected chi connectivity index (χ1v) is 8.14. The van der Waals surface area contributed by atoms with Crippen molar-refractivity contribution < 1.29 is 4.79 Å². The first-order valence-electron chi connectivity index (χ1n) is 8.14. The summed E-state index contributed by atoms with van der Waals surface area (Å²) in [4.78, 5) is 14.7. The van der Waals surface area contributed by atoms with Crippen LogP contribution < -0.4 is 5.73 Å². The second-order valence-electron chi connectivity index (χ2n) is 7.00. The van der Waals surface area contributed by atoms with E-state index in [0.717, 1.165) is 25.9 Å². The van der Waals surface area contributed by atoms with Crippen LogP contribution in [0.2, 0.25) is 0 Å². The van der Waals surface area contributed by atoms with Gasteiger partial charge in [0.15, 0.2) is 0 Å². The van der Waals surface area contributed by atoms with Gasteiger partial charge in [0.1, 0.15) is 0 Å². The maximum absolute atomic E-state index is 12.6. The van der Waals surface area contributed by atoms with Crippen molar-refractivity contribution in [3.05, 3.63) is 35.4 Å². The quantitative estimate of drug-likeness (QED) is 0.930. The Balaban J connectivity index is 0.00000176. The van der Waals surface area contributed by atoms with Crippen LogP contribution in [0.25, 0.3) is 0 Å². The van der Waals surface area contributed by atoms with E-state index in [1.54, 1.807) is 0 Å². The molecular formula is C18H27ClN2O. The Kier molecular flexibility index (Phi) is 5.51. The lowest BCUT2D eigenvalue weighted by Crippen LogP contribution is -2.36. The summed E-state index contributed by atoms with van der Waals surface area (Å²) in [6, 6.07) is 8.80. The highest BCUT2D eigenvalue weighted by atomic mass is 35.5. The molecular weight excluding hydrogens is 296 g/mol. The van der Waals surface area contributed by atoms with Gasteiger partial charge in [-0.2, -0.15) is 0 Å². The molecule has 1 aliphatic heterocycles. The molecule has 122 valence electrons. The minimum absolute atomic E-state index is 0. The molecule has 1 aromatic carbocycles. The molecule has 4 heteroatoms. The van der Waals surface area contributed by atoms with E-state index in [-0.39, 0.29) is 18.3 Å². The van der Waals surface area contributed by atoms with Crippen molar-refractivity contribution in [3.63, 3.8) is 0 Å². The van der Waals surface area contributed by atoms with Gasteiger partial charge in [0.25, 0.3) is 0 Å². The fraction of sp³-hybridized carbons (Fsp3) is 0.611. The molecule has 4 unspecified atom stereocenters. The molecule has 3 rings (SSSR count). The second kappa shape index (κ2) is 7.01. The van der Waals surface area contributed by atoms with Crippen LogP contribution in [0.3, 0.4) is 0 Å². The lowest BCUT2D eigenvalue weighted by molar-refractivity contribution is -0.134. The van der Waals surface area contributed by atoms with Gasteiger partial charge < -0.3 is 10.6 Å². The molecule has 0 spiro atoms. The maximum atomic E-state index is 12.6. The Labute approximate surface area is 139 Å². The number of aryl methyl sites for hydroxylation is 1. The van der Waals surface area contributed by atoms with E-state index in [0.29, 0.717) is 23.8 Å². The fourth-order valence-corrected chi connectivity index (χ4v) is 3.96. The summed E-state index contributed by atoms with van der Waals surface area (Å²) in [6.45, 7) is 5.94. The topological polar surface area (TPSA) is 46.3 Å². The smallest absolute Gasteiger partial charge is 0.225 e. The predicted molar refractivity (Wildman–Crippen MR) is 92.1 cm³/mol. The van der Waals surface area contributed by atoms with Crippen LogP contribution in [-0.4, -0.2) is 29.9 Å². The van der Waals surface area contributed by atoms with Gasteiger partial charge in [-0.1, -0.05) is 36.8 Å². The Morgan fingerprint density at radius 3 is 2.59 bits per heavy atom. The van der Waals surface area contributed by atoms with E-state index in [2.05, 4.69) is 43.0 Å². The summed E-state index contributed by atoms with van der Waals surface area (Å²) in [7, 11) is 0. The van der Waals surface area contributed by atoms with Crippen LogP contribution in [0.5, 0.6) is 0 Å². The standard InChI is InChI=1S/C18H26N2O.ClH/c1-12-3-5-14(6-4-12)9-13(2)18(21)20-10-15-7-8-17(19)16(15)11-20;/h3-6,13,15-17H,7-11,19H2,1-2H3;1H. The van der Waals surface area contributed by atoms with Crippen LogP contribution in [0.15, 0.2) is 24.3 Å². The number of nitrogens with zero attached hydrogens (tertiary/aromatic N) is 1. The molecule has 1 saturated heterocycles. The van der Waals surface area contributed by atoms with Gasteiger partial charge in [0.2, 0.25) is 5.91 Å². The first-order chi connectivity index (χ1) is 10.0. The average molecular weight is 323 g/mol. The van der Waals surface area contributed by atoms with Crippen LogP contribution >= 0.6 is 12.4 Å². The molecule has 1 heterocycles. The number of carbonyl (C=O) groups excluding carboxylic acids is 1. The number of fused-ring (bicyclic) bond motifs is 1. The zero-order valence-electron chi connectivity index (χ0n) is 13.5. The SMILES string of the molecule is Cc1ccc(CC(C)C(=O)N2CC3CCC(N)C3C2)cc1.Cl. The normalized spacial score (nSPS) is 28.1. The molecule has 22 heavy (non-hydrogen) atoms. The van der Waals surface area contributed by atoms with Crippen molar-refractivity contribution in [3.8, 4) is 0 Å². The van der Waals surface area contributed by atoms with Crippen molar-refractivity contribution in [2.24, 2.45) is 23.5 Å². The van der Waals surface area contributed by atoms with E-state index in [4.69, 9.17) is 5.73 Å². The van der Waals surface area contributed by atoms with Crippen molar-refractivity contribution in [2.45, 2.75) is 39.2 Å². The highest BCUT2D eigenvalue weighted by Crippen LogP contribution is 2.37. The molecule has 0 bridgehead atoms. The number of benzene rings is 1. The number of carbonyl (C=O) groups is 1. The maximum Gasteiger partial charge on any atom is 0.225 e. The van der Waals surface area contributed by atoms with Crippen molar-refractivity contribution in [1.82, 2.24) is 4.90 Å². The van der Waals surface area contributed by atoms with E-state index < -0.39 is 0 Å². The number of likely N-dealkylation sites (tertiary alicyclic amines) is 1. The van der Waals surface area contributed by atoms with Crippen LogP contribution in [0, 0.1) is 24.7 Å². The third-order valence-electron chi connectivity index (χ3n) is 5.31. The first kappa shape index (κ1) is 17.3. The highest BCUT2D eigenvalue weighted by Gasteiger charge is 2.42. The molecule has 3 nitrogen and oxygen atoms in total. The van der Waals surface area contributed by atoms with Gasteiger partial charge in [-0.3, -0.25) is 4.79 Å². The number of halogens is 1. The fourth-order valence-electron chi connectivity index (χ4n) is 3.96. The lowest BCUT2D eigenvalue weighted by Gasteiger charge is -2.22. The summed E-state index contributed by atoms with van der Waals surface area (Å²) in [5.41, 5.74) is 8.67. The van der Waals surface area contributed by atoms with Gasteiger partial charge in [-0.05, 0) is 43.6 Å². The molecule has 0 radical (unpaired) electrons. The number of rotatable bonds is 3. The molecule has 1 amide bonds. The van der Waals surface area contributed by atoms with E-state index in [1.165, 1.54) is 17.5 Å². The summed E-state index contributed by atoms with van der Waals surface area (Å²) in [6.07, 6.45) is 3.16. The largest absolute Gasteiger partial charge is 0.342 e. The molecule has 1 aliphatic carbocycles. The van der Waals surface area contributed by atoms with Gasteiger partial charge in [0, 0.05) is 25.0 Å². The average Bonchev–Trinajstić information content (AvgIpc) is 3.03. The van der Waals surface area contributed by atoms with Crippen molar-refractivity contribution in [1.29, 1.82) is 0 Å². The molecule has 0 aromatic heterocycles. The molecule has 1 aromatic rings. The van der Waals surface area contributed by atoms with Crippen LogP contribution in [0.1, 0.15) is 30.9 Å². The Hall–Kier alpha value is -1.06. The predicted octanol–water partition coefficient (Wildman–Crippen LogP) is 2.79. The molecule has 1 saturated carbocycles. The van der Waals surface area contributed by atoms with Crippen LogP contribution in [-0.2, 0) is 11.2 Å². The summed E-state index contributed by atoms with van der Waals surface area (Å²) < 4.78 is 0. The van der Waals surface area contributed by atoms with Gasteiger partial charge in [0.05, 0.1) is 0 Å². The van der Waals surface area contributed by atoms with Gasteiger partial charge >= 0.3 is 0 Å². The lowest BCUT2D eigenvalue weighted by atomic mass is 9.98. The number of nitrogens with two attached hydrogens (primary N) is 1. The van der Waals surface area contributed by atoms with E-state index >= 15 is 0 Å². The summed E-state index contributed by atoms with van der Waals surface area (Å²) in [5, 5.41) is 0. The van der Waals surface area contributed by atoms with E-state index in [9.17, 15) is 4.79 Å². The molecule has 4 atom stereocenters. The number of hydrogen-bond donors (Lipinski definition) is 1. The Morgan fingerprint density at radius 2 is 1.95 bits per heavy atom. The Morgan fingerprint density at radius 1 is 1.27 bits per heavy atom. The number of amides is 1. The minimum Gasteiger partial charge on any atom is -0.342 e. The van der Waals surface area contributed by atoms with E-state index in [1.807, 2.05) is 0 Å². The summed E-state index contributed by atoms with van der Waals surface area (Å²) in [5.74, 6) is 1.55. The van der Waals surface area contributed by atoms with Gasteiger partial charge in [-0.25, -0.2) is 0 Å². The zero-order valence-corrected chi connectivity index (χ0v) is 14.3. The third kappa shape index (κ3) is 3.47. The summed E-state index contributed by atoms with van der Waals surface area (Å²) >= 11 is 0.